The number of anilines is 1. The van der Waals surface area contributed by atoms with Crippen LogP contribution in [0.2, 0.25) is 0 Å². The van der Waals surface area contributed by atoms with Crippen LogP contribution in [0.3, 0.4) is 0 Å². The number of benzene rings is 3. The van der Waals surface area contributed by atoms with E-state index in [9.17, 15) is 22.8 Å². The fraction of sp³-hybridized carbons (Fsp3) is 0.0800. The van der Waals surface area contributed by atoms with Crippen molar-refractivity contribution in [1.82, 2.24) is 9.36 Å². The number of para-hydroxylation sites is 1. The van der Waals surface area contributed by atoms with Gasteiger partial charge < -0.3 is 0 Å². The summed E-state index contributed by atoms with van der Waals surface area (Å²) >= 11 is 0. The molecule has 1 heterocycles. The number of hydrogen-bond donors (Lipinski definition) is 1. The Morgan fingerprint density at radius 2 is 1.29 bits per heavy atom. The topological polar surface area (TPSA) is 107 Å². The molecular weight excluding hydrogens is 454 g/mol. The van der Waals surface area contributed by atoms with E-state index in [0.29, 0.717) is 11.4 Å². The van der Waals surface area contributed by atoms with Crippen LogP contribution in [-0.2, 0) is 17.1 Å². The summed E-state index contributed by atoms with van der Waals surface area (Å²) in [5.74, 6) is -0.767. The normalized spacial score (nSPS) is 12.9. The lowest BCUT2D eigenvalue weighted by Crippen LogP contribution is -2.24. The molecule has 0 amide bonds. The Morgan fingerprint density at radius 3 is 1.94 bits per heavy atom. The van der Waals surface area contributed by atoms with Gasteiger partial charge in [-0.2, -0.15) is 0 Å². The molecule has 170 valence electrons. The van der Waals surface area contributed by atoms with Gasteiger partial charge >= 0.3 is 0 Å². The molecule has 0 saturated carbocycles. The zero-order chi connectivity index (χ0) is 24.2. The first-order chi connectivity index (χ1) is 16.2. The van der Waals surface area contributed by atoms with E-state index in [2.05, 4.69) is 4.72 Å². The van der Waals surface area contributed by atoms with Gasteiger partial charge in [0.15, 0.2) is 11.6 Å². The van der Waals surface area contributed by atoms with E-state index in [0.717, 1.165) is 0 Å². The molecule has 1 aromatic heterocycles. The van der Waals surface area contributed by atoms with Crippen molar-refractivity contribution < 1.29 is 18.0 Å². The number of nitrogens with zero attached hydrogens (tertiary/aromatic N) is 2. The van der Waals surface area contributed by atoms with Crippen molar-refractivity contribution in [2.45, 2.75) is 11.8 Å². The third-order valence-electron chi connectivity index (χ3n) is 6.00. The summed E-state index contributed by atoms with van der Waals surface area (Å²) in [6, 6.07) is 19.0. The Hall–Kier alpha value is -4.24. The lowest BCUT2D eigenvalue weighted by atomic mass is 9.84. The average molecular weight is 474 g/mol. The molecule has 9 heteroatoms. The number of rotatable bonds is 4. The predicted molar refractivity (Wildman–Crippen MR) is 126 cm³/mol. The van der Waals surface area contributed by atoms with Crippen molar-refractivity contribution in [3.63, 3.8) is 0 Å². The standard InChI is InChI=1S/C25H19N3O5S/c1-15-22(25(31)28(27(15)2)16-8-4-3-5-9-16)26-34(32,33)17-12-13-20-21(14-17)24(30)19-11-7-6-10-18(19)23(20)29/h3-14,26H,1-2H3. The molecule has 1 aliphatic carbocycles. The Bertz CT molecular complexity index is 1660. The highest BCUT2D eigenvalue weighted by Gasteiger charge is 2.31. The van der Waals surface area contributed by atoms with Gasteiger partial charge in [-0.3, -0.25) is 23.8 Å². The lowest BCUT2D eigenvalue weighted by molar-refractivity contribution is 0.0979. The smallest absolute Gasteiger partial charge is 0.289 e. The van der Waals surface area contributed by atoms with Crippen molar-refractivity contribution in [2.24, 2.45) is 7.05 Å². The largest absolute Gasteiger partial charge is 0.296 e. The van der Waals surface area contributed by atoms with Gasteiger partial charge in [-0.05, 0) is 37.3 Å². The monoisotopic (exact) mass is 473 g/mol. The highest BCUT2D eigenvalue weighted by molar-refractivity contribution is 7.92. The van der Waals surface area contributed by atoms with Gasteiger partial charge in [0.25, 0.3) is 15.6 Å². The van der Waals surface area contributed by atoms with E-state index < -0.39 is 21.4 Å². The van der Waals surface area contributed by atoms with Crippen LogP contribution in [0.1, 0.15) is 37.5 Å². The van der Waals surface area contributed by atoms with E-state index in [1.807, 2.05) is 6.07 Å². The van der Waals surface area contributed by atoms with Gasteiger partial charge in [0, 0.05) is 29.3 Å². The molecule has 34 heavy (non-hydrogen) atoms. The molecule has 4 aromatic rings. The summed E-state index contributed by atoms with van der Waals surface area (Å²) in [5.41, 5.74) is 1.03. The number of carbonyl (C=O) groups is 2. The molecule has 1 N–H and O–H groups in total. The molecule has 0 radical (unpaired) electrons. The van der Waals surface area contributed by atoms with Crippen LogP contribution in [0.15, 0.2) is 82.5 Å². The summed E-state index contributed by atoms with van der Waals surface area (Å²) in [5, 5.41) is 0. The molecule has 0 unspecified atom stereocenters. The fourth-order valence-corrected chi connectivity index (χ4v) is 5.27. The summed E-state index contributed by atoms with van der Waals surface area (Å²) < 4.78 is 31.7. The second-order valence-corrected chi connectivity index (χ2v) is 9.64. The summed E-state index contributed by atoms with van der Waals surface area (Å²) in [6.07, 6.45) is 0. The first-order valence-corrected chi connectivity index (χ1v) is 11.9. The van der Waals surface area contributed by atoms with E-state index >= 15 is 0 Å². The van der Waals surface area contributed by atoms with Crippen molar-refractivity contribution in [3.05, 3.63) is 111 Å². The number of carbonyl (C=O) groups excluding carboxylic acids is 2. The Morgan fingerprint density at radius 1 is 0.735 bits per heavy atom. The van der Waals surface area contributed by atoms with E-state index in [1.165, 1.54) is 28.9 Å². The number of fused-ring (bicyclic) bond motifs is 2. The predicted octanol–water partition coefficient (Wildman–Crippen LogP) is 3.06. The Balaban J connectivity index is 1.56. The number of hydrogen-bond acceptors (Lipinski definition) is 5. The molecule has 3 aromatic carbocycles. The van der Waals surface area contributed by atoms with Gasteiger partial charge in [0.2, 0.25) is 0 Å². The van der Waals surface area contributed by atoms with Crippen LogP contribution < -0.4 is 10.3 Å². The molecule has 0 aliphatic heterocycles. The molecule has 0 saturated heterocycles. The molecule has 0 bridgehead atoms. The molecule has 0 fully saturated rings. The first kappa shape index (κ1) is 21.6. The van der Waals surface area contributed by atoms with Gasteiger partial charge in [-0.1, -0.05) is 42.5 Å². The molecule has 0 atom stereocenters. The maximum Gasteiger partial charge on any atom is 0.296 e. The quantitative estimate of drug-likeness (QED) is 0.432. The van der Waals surface area contributed by atoms with Gasteiger partial charge in [-0.25, -0.2) is 13.1 Å². The van der Waals surface area contributed by atoms with Crippen LogP contribution in [0, 0.1) is 6.92 Å². The van der Waals surface area contributed by atoms with Crippen molar-refractivity contribution in [3.8, 4) is 5.69 Å². The van der Waals surface area contributed by atoms with E-state index in [-0.39, 0.29) is 38.6 Å². The third kappa shape index (κ3) is 3.20. The van der Waals surface area contributed by atoms with Crippen LogP contribution in [0.25, 0.3) is 5.69 Å². The second-order valence-electron chi connectivity index (χ2n) is 7.95. The number of sulfonamides is 1. The Kier molecular flexibility index (Phi) is 4.87. The zero-order valence-corrected chi connectivity index (χ0v) is 19.1. The molecule has 0 spiro atoms. The minimum atomic E-state index is -4.24. The number of ketones is 2. The van der Waals surface area contributed by atoms with Crippen molar-refractivity contribution >= 4 is 27.3 Å². The number of nitrogens with one attached hydrogen (secondary N) is 1. The average Bonchev–Trinajstić information content (AvgIpc) is 3.05. The third-order valence-corrected chi connectivity index (χ3v) is 7.34. The first-order valence-electron chi connectivity index (χ1n) is 10.4. The van der Waals surface area contributed by atoms with Gasteiger partial charge in [0.1, 0.15) is 5.69 Å². The minimum absolute atomic E-state index is 0.0121. The summed E-state index contributed by atoms with van der Waals surface area (Å²) in [7, 11) is -2.58. The van der Waals surface area contributed by atoms with Crippen LogP contribution in [0.4, 0.5) is 5.69 Å². The highest BCUT2D eigenvalue weighted by Crippen LogP contribution is 2.29. The SMILES string of the molecule is Cc1c(NS(=O)(=O)c2ccc3c(c2)C(=O)c2ccccc2C3=O)c(=O)n(-c2ccccc2)n1C. The summed E-state index contributed by atoms with van der Waals surface area (Å²) in [6.45, 7) is 1.63. The van der Waals surface area contributed by atoms with Crippen LogP contribution in [0.5, 0.6) is 0 Å². The molecule has 5 rings (SSSR count). The lowest BCUT2D eigenvalue weighted by Gasteiger charge is -2.18. The fourth-order valence-electron chi connectivity index (χ4n) is 4.12. The highest BCUT2D eigenvalue weighted by atomic mass is 32.2. The second kappa shape index (κ2) is 7.67. The van der Waals surface area contributed by atoms with Gasteiger partial charge in [0.05, 0.1) is 16.3 Å². The molecule has 1 aliphatic rings. The molecular formula is C25H19N3O5S. The maximum atomic E-state index is 13.2. The maximum absolute atomic E-state index is 13.2. The van der Waals surface area contributed by atoms with Crippen molar-refractivity contribution in [1.29, 1.82) is 0 Å². The molecule has 8 nitrogen and oxygen atoms in total. The van der Waals surface area contributed by atoms with Gasteiger partial charge in [-0.15, -0.1) is 0 Å². The van der Waals surface area contributed by atoms with Crippen LogP contribution in [-0.4, -0.2) is 29.3 Å². The minimum Gasteiger partial charge on any atom is -0.289 e. The zero-order valence-electron chi connectivity index (χ0n) is 18.3. The van der Waals surface area contributed by atoms with E-state index in [4.69, 9.17) is 0 Å². The van der Waals surface area contributed by atoms with E-state index in [1.54, 1.807) is 61.1 Å². The van der Waals surface area contributed by atoms with Crippen LogP contribution >= 0.6 is 0 Å². The van der Waals surface area contributed by atoms with Crippen molar-refractivity contribution in [2.75, 3.05) is 4.72 Å². The number of aromatic nitrogens is 2. The summed E-state index contributed by atoms with van der Waals surface area (Å²) in [4.78, 5) is 38.7. The Labute approximate surface area is 195 Å².